The van der Waals surface area contributed by atoms with Gasteiger partial charge in [-0.15, -0.1) is 0 Å². The largest absolute Gasteiger partial charge is 0.497 e. The summed E-state index contributed by atoms with van der Waals surface area (Å²) >= 11 is 12.0. The molecule has 0 amide bonds. The van der Waals surface area contributed by atoms with Crippen LogP contribution in [0.5, 0.6) is 11.5 Å². The van der Waals surface area contributed by atoms with Crippen molar-refractivity contribution in [2.75, 3.05) is 14.2 Å². The number of ether oxygens (including phenoxy) is 2. The van der Waals surface area contributed by atoms with Crippen molar-refractivity contribution in [2.45, 2.75) is 0 Å². The number of ketones is 1. The highest BCUT2D eigenvalue weighted by Crippen LogP contribution is 2.31. The van der Waals surface area contributed by atoms with Gasteiger partial charge in [0, 0.05) is 11.6 Å². The number of rotatable bonds is 4. The molecule has 104 valence electrons. The minimum atomic E-state index is -0.253. The van der Waals surface area contributed by atoms with Gasteiger partial charge < -0.3 is 9.47 Å². The molecule has 0 saturated carbocycles. The van der Waals surface area contributed by atoms with Crippen LogP contribution in [0, 0.1) is 0 Å². The van der Waals surface area contributed by atoms with E-state index in [0.717, 1.165) is 0 Å². The van der Waals surface area contributed by atoms with E-state index in [0.29, 0.717) is 27.6 Å². The molecule has 0 aliphatic rings. The van der Waals surface area contributed by atoms with Gasteiger partial charge in [-0.1, -0.05) is 29.3 Å². The fourth-order valence-corrected chi connectivity index (χ4v) is 2.20. The monoisotopic (exact) mass is 310 g/mol. The van der Waals surface area contributed by atoms with Crippen LogP contribution in [0.15, 0.2) is 36.4 Å². The molecule has 20 heavy (non-hydrogen) atoms. The van der Waals surface area contributed by atoms with Crippen molar-refractivity contribution in [3.63, 3.8) is 0 Å². The molecule has 0 N–H and O–H groups in total. The van der Waals surface area contributed by atoms with E-state index in [1.807, 2.05) is 0 Å². The van der Waals surface area contributed by atoms with Crippen LogP contribution in [-0.2, 0) is 0 Å². The molecular formula is C15H12Cl2O3. The highest BCUT2D eigenvalue weighted by Gasteiger charge is 2.18. The zero-order valence-corrected chi connectivity index (χ0v) is 12.5. The second kappa shape index (κ2) is 6.16. The van der Waals surface area contributed by atoms with Gasteiger partial charge >= 0.3 is 0 Å². The molecule has 0 saturated heterocycles. The number of methoxy groups -OCH3 is 2. The van der Waals surface area contributed by atoms with E-state index in [-0.39, 0.29) is 10.8 Å². The average Bonchev–Trinajstić information content (AvgIpc) is 2.48. The second-order valence-corrected chi connectivity index (χ2v) is 4.78. The highest BCUT2D eigenvalue weighted by atomic mass is 35.5. The first-order valence-corrected chi connectivity index (χ1v) is 6.54. The summed E-state index contributed by atoms with van der Waals surface area (Å²) in [5.41, 5.74) is 0.736. The summed E-state index contributed by atoms with van der Waals surface area (Å²) in [4.78, 5) is 12.5. The van der Waals surface area contributed by atoms with Crippen LogP contribution in [0.4, 0.5) is 0 Å². The summed E-state index contributed by atoms with van der Waals surface area (Å²) in [6, 6.07) is 9.90. The summed E-state index contributed by atoms with van der Waals surface area (Å²) < 4.78 is 10.3. The summed E-state index contributed by atoms with van der Waals surface area (Å²) in [6.45, 7) is 0. The SMILES string of the molecule is COc1ccc(C(=O)c2cccc(Cl)c2Cl)c(OC)c1. The fourth-order valence-electron chi connectivity index (χ4n) is 1.81. The molecule has 0 unspecified atom stereocenters. The van der Waals surface area contributed by atoms with E-state index in [1.165, 1.54) is 7.11 Å². The first-order valence-electron chi connectivity index (χ1n) is 5.79. The zero-order valence-electron chi connectivity index (χ0n) is 10.9. The smallest absolute Gasteiger partial charge is 0.198 e. The van der Waals surface area contributed by atoms with Crippen molar-refractivity contribution < 1.29 is 14.3 Å². The van der Waals surface area contributed by atoms with Gasteiger partial charge in [-0.2, -0.15) is 0 Å². The van der Waals surface area contributed by atoms with E-state index in [1.54, 1.807) is 43.5 Å². The van der Waals surface area contributed by atoms with Crippen molar-refractivity contribution in [3.8, 4) is 11.5 Å². The quantitative estimate of drug-likeness (QED) is 0.792. The highest BCUT2D eigenvalue weighted by molar-refractivity contribution is 6.44. The minimum absolute atomic E-state index is 0.233. The summed E-state index contributed by atoms with van der Waals surface area (Å²) in [7, 11) is 3.04. The molecule has 2 rings (SSSR count). The molecule has 0 aliphatic heterocycles. The topological polar surface area (TPSA) is 35.5 Å². The third-order valence-electron chi connectivity index (χ3n) is 2.85. The van der Waals surface area contributed by atoms with Crippen LogP contribution < -0.4 is 9.47 Å². The molecule has 5 heteroatoms. The standard InChI is InChI=1S/C15H12Cl2O3/c1-19-9-6-7-10(13(8-9)20-2)15(18)11-4-3-5-12(16)14(11)17/h3-8H,1-2H3. The number of carbonyl (C=O) groups excluding carboxylic acids is 1. The average molecular weight is 311 g/mol. The van der Waals surface area contributed by atoms with E-state index < -0.39 is 0 Å². The Balaban J connectivity index is 2.50. The third kappa shape index (κ3) is 2.74. The molecule has 0 heterocycles. The Morgan fingerprint density at radius 3 is 2.40 bits per heavy atom. The first-order chi connectivity index (χ1) is 9.58. The maximum Gasteiger partial charge on any atom is 0.198 e. The van der Waals surface area contributed by atoms with Crippen molar-refractivity contribution in [1.29, 1.82) is 0 Å². The Kier molecular flexibility index (Phi) is 4.53. The van der Waals surface area contributed by atoms with Gasteiger partial charge in [-0.25, -0.2) is 0 Å². The summed E-state index contributed by atoms with van der Waals surface area (Å²) in [6.07, 6.45) is 0. The van der Waals surface area contributed by atoms with Gasteiger partial charge in [0.15, 0.2) is 5.78 Å². The van der Waals surface area contributed by atoms with Crippen molar-refractivity contribution in [3.05, 3.63) is 57.6 Å². The van der Waals surface area contributed by atoms with Gasteiger partial charge in [0.2, 0.25) is 0 Å². The third-order valence-corrected chi connectivity index (χ3v) is 3.67. The van der Waals surface area contributed by atoms with Gasteiger partial charge in [0.25, 0.3) is 0 Å². The van der Waals surface area contributed by atoms with Gasteiger partial charge in [0.1, 0.15) is 11.5 Å². The van der Waals surface area contributed by atoms with E-state index in [9.17, 15) is 4.79 Å². The lowest BCUT2D eigenvalue weighted by Gasteiger charge is -2.10. The molecule has 0 atom stereocenters. The molecule has 0 bridgehead atoms. The Morgan fingerprint density at radius 2 is 1.75 bits per heavy atom. The summed E-state index contributed by atoms with van der Waals surface area (Å²) in [5.74, 6) is 0.776. The van der Waals surface area contributed by atoms with Crippen LogP contribution in [0.1, 0.15) is 15.9 Å². The Hall–Kier alpha value is -1.71. The van der Waals surface area contributed by atoms with Crippen LogP contribution in [0.3, 0.4) is 0 Å². The zero-order chi connectivity index (χ0) is 14.7. The molecule has 0 spiro atoms. The number of carbonyl (C=O) groups is 1. The second-order valence-electron chi connectivity index (χ2n) is 4.00. The van der Waals surface area contributed by atoms with Crippen LogP contribution >= 0.6 is 23.2 Å². The normalized spacial score (nSPS) is 10.2. The fraction of sp³-hybridized carbons (Fsp3) is 0.133. The lowest BCUT2D eigenvalue weighted by molar-refractivity contribution is 0.103. The van der Waals surface area contributed by atoms with Crippen molar-refractivity contribution in [2.24, 2.45) is 0 Å². The predicted molar refractivity (Wildman–Crippen MR) is 79.4 cm³/mol. The lowest BCUT2D eigenvalue weighted by Crippen LogP contribution is -2.05. The Bertz CT molecular complexity index is 654. The molecule has 0 aliphatic carbocycles. The molecule has 2 aromatic rings. The molecule has 0 aromatic heterocycles. The van der Waals surface area contributed by atoms with Gasteiger partial charge in [-0.3, -0.25) is 4.79 Å². The van der Waals surface area contributed by atoms with E-state index >= 15 is 0 Å². The van der Waals surface area contributed by atoms with E-state index in [2.05, 4.69) is 0 Å². The van der Waals surface area contributed by atoms with Gasteiger partial charge in [0.05, 0.1) is 29.8 Å². The minimum Gasteiger partial charge on any atom is -0.497 e. The predicted octanol–water partition coefficient (Wildman–Crippen LogP) is 4.24. The lowest BCUT2D eigenvalue weighted by atomic mass is 10.0. The van der Waals surface area contributed by atoms with Gasteiger partial charge in [-0.05, 0) is 24.3 Å². The molecule has 2 aromatic carbocycles. The molecular weight excluding hydrogens is 299 g/mol. The van der Waals surface area contributed by atoms with Crippen molar-refractivity contribution in [1.82, 2.24) is 0 Å². The Morgan fingerprint density at radius 1 is 1.00 bits per heavy atom. The maximum absolute atomic E-state index is 12.5. The van der Waals surface area contributed by atoms with E-state index in [4.69, 9.17) is 32.7 Å². The first kappa shape index (κ1) is 14.7. The number of halogens is 2. The molecule has 0 radical (unpaired) electrons. The number of hydrogen-bond donors (Lipinski definition) is 0. The maximum atomic E-state index is 12.5. The van der Waals surface area contributed by atoms with Crippen LogP contribution in [0.2, 0.25) is 10.0 Å². The number of benzene rings is 2. The molecule has 3 nitrogen and oxygen atoms in total. The Labute approximate surface area is 127 Å². The van der Waals surface area contributed by atoms with Crippen LogP contribution in [-0.4, -0.2) is 20.0 Å². The van der Waals surface area contributed by atoms with Crippen LogP contribution in [0.25, 0.3) is 0 Å². The number of hydrogen-bond acceptors (Lipinski definition) is 3. The van der Waals surface area contributed by atoms with Crippen molar-refractivity contribution >= 4 is 29.0 Å². The summed E-state index contributed by atoms with van der Waals surface area (Å²) in [5, 5.41) is 0.571. The molecule has 0 fully saturated rings.